The SMILES string of the molecule is Cc1cc(C(=O)NC2CCN(c3nc4ccc(F)cc4s3)CC2)nn1C. The highest BCUT2D eigenvalue weighted by atomic mass is 32.1. The van der Waals surface area contributed by atoms with Gasteiger partial charge in [-0.25, -0.2) is 9.37 Å². The van der Waals surface area contributed by atoms with Crippen molar-refractivity contribution in [2.45, 2.75) is 25.8 Å². The number of carbonyl (C=O) groups excluding carboxylic acids is 1. The van der Waals surface area contributed by atoms with Gasteiger partial charge in [-0.15, -0.1) is 0 Å². The fourth-order valence-electron chi connectivity index (χ4n) is 3.17. The summed E-state index contributed by atoms with van der Waals surface area (Å²) in [6, 6.07) is 6.61. The number of aromatic nitrogens is 3. The van der Waals surface area contributed by atoms with Gasteiger partial charge in [0.2, 0.25) is 0 Å². The number of piperidine rings is 1. The number of hydrogen-bond donors (Lipinski definition) is 1. The first kappa shape index (κ1) is 17.0. The quantitative estimate of drug-likeness (QED) is 0.767. The van der Waals surface area contributed by atoms with Crippen molar-refractivity contribution in [3.8, 4) is 0 Å². The Labute approximate surface area is 154 Å². The molecule has 1 aliphatic rings. The zero-order chi connectivity index (χ0) is 18.3. The molecule has 2 aromatic heterocycles. The number of benzene rings is 1. The molecule has 0 spiro atoms. The zero-order valence-electron chi connectivity index (χ0n) is 14.7. The monoisotopic (exact) mass is 373 g/mol. The van der Waals surface area contributed by atoms with Crippen LogP contribution in [0.25, 0.3) is 10.2 Å². The van der Waals surface area contributed by atoms with Crippen LogP contribution in [-0.2, 0) is 7.05 Å². The molecule has 0 unspecified atom stereocenters. The average molecular weight is 373 g/mol. The summed E-state index contributed by atoms with van der Waals surface area (Å²) in [4.78, 5) is 19.1. The van der Waals surface area contributed by atoms with Crippen LogP contribution in [0.15, 0.2) is 24.3 Å². The van der Waals surface area contributed by atoms with Crippen molar-refractivity contribution >= 4 is 32.6 Å². The van der Waals surface area contributed by atoms with Gasteiger partial charge in [0.15, 0.2) is 5.13 Å². The van der Waals surface area contributed by atoms with Gasteiger partial charge in [0.25, 0.3) is 5.91 Å². The van der Waals surface area contributed by atoms with E-state index in [1.54, 1.807) is 16.8 Å². The number of rotatable bonds is 3. The van der Waals surface area contributed by atoms with Crippen molar-refractivity contribution in [2.75, 3.05) is 18.0 Å². The summed E-state index contributed by atoms with van der Waals surface area (Å²) in [6.45, 7) is 3.55. The van der Waals surface area contributed by atoms with E-state index in [-0.39, 0.29) is 17.8 Å². The van der Waals surface area contributed by atoms with Crippen molar-refractivity contribution in [1.29, 1.82) is 0 Å². The second-order valence-electron chi connectivity index (χ2n) is 6.64. The predicted octanol–water partition coefficient (Wildman–Crippen LogP) is 2.88. The molecule has 3 heterocycles. The van der Waals surface area contributed by atoms with Crippen LogP contribution in [0, 0.1) is 12.7 Å². The minimum Gasteiger partial charge on any atom is -0.348 e. The number of nitrogens with one attached hydrogen (secondary N) is 1. The molecule has 0 radical (unpaired) electrons. The van der Waals surface area contributed by atoms with Crippen LogP contribution in [0.1, 0.15) is 29.0 Å². The molecule has 0 atom stereocenters. The molecule has 6 nitrogen and oxygen atoms in total. The third kappa shape index (κ3) is 3.29. The maximum atomic E-state index is 13.3. The topological polar surface area (TPSA) is 63.1 Å². The minimum absolute atomic E-state index is 0.123. The Hall–Kier alpha value is -2.48. The second kappa shape index (κ2) is 6.68. The highest BCUT2D eigenvalue weighted by Crippen LogP contribution is 2.31. The Bertz CT molecular complexity index is 938. The van der Waals surface area contributed by atoms with Crippen LogP contribution < -0.4 is 10.2 Å². The largest absolute Gasteiger partial charge is 0.348 e. The van der Waals surface area contributed by atoms with Gasteiger partial charge in [-0.1, -0.05) is 11.3 Å². The van der Waals surface area contributed by atoms with Crippen molar-refractivity contribution < 1.29 is 9.18 Å². The Balaban J connectivity index is 1.38. The molecule has 0 bridgehead atoms. The molecule has 1 amide bonds. The first-order valence-electron chi connectivity index (χ1n) is 8.62. The van der Waals surface area contributed by atoms with Gasteiger partial charge in [-0.3, -0.25) is 9.48 Å². The van der Waals surface area contributed by atoms with Gasteiger partial charge in [0, 0.05) is 31.9 Å². The Kier molecular flexibility index (Phi) is 4.36. The molecule has 1 N–H and O–H groups in total. The highest BCUT2D eigenvalue weighted by Gasteiger charge is 2.24. The number of anilines is 1. The summed E-state index contributed by atoms with van der Waals surface area (Å²) < 4.78 is 15.9. The normalized spacial score (nSPS) is 15.6. The summed E-state index contributed by atoms with van der Waals surface area (Å²) in [7, 11) is 1.83. The molecule has 4 rings (SSSR count). The van der Waals surface area contributed by atoms with Gasteiger partial charge < -0.3 is 10.2 Å². The minimum atomic E-state index is -0.237. The van der Waals surface area contributed by atoms with Crippen molar-refractivity contribution in [1.82, 2.24) is 20.1 Å². The first-order chi connectivity index (χ1) is 12.5. The Morgan fingerprint density at radius 2 is 2.08 bits per heavy atom. The smallest absolute Gasteiger partial charge is 0.272 e. The third-order valence-electron chi connectivity index (χ3n) is 4.79. The molecule has 136 valence electrons. The number of fused-ring (bicyclic) bond motifs is 1. The predicted molar refractivity (Wildman–Crippen MR) is 100 cm³/mol. The van der Waals surface area contributed by atoms with Crippen LogP contribution in [0.5, 0.6) is 0 Å². The number of thiazole rings is 1. The molecule has 1 fully saturated rings. The molecular formula is C18H20FN5OS. The highest BCUT2D eigenvalue weighted by molar-refractivity contribution is 7.22. The van der Waals surface area contributed by atoms with Crippen molar-refractivity contribution in [3.05, 3.63) is 41.5 Å². The zero-order valence-corrected chi connectivity index (χ0v) is 15.5. The molecule has 1 aliphatic heterocycles. The molecule has 0 aliphatic carbocycles. The molecule has 1 aromatic carbocycles. The lowest BCUT2D eigenvalue weighted by atomic mass is 10.1. The summed E-state index contributed by atoms with van der Waals surface area (Å²) in [5, 5.41) is 8.21. The number of hydrogen-bond acceptors (Lipinski definition) is 5. The van der Waals surface area contributed by atoms with Crippen molar-refractivity contribution in [3.63, 3.8) is 0 Å². The molecule has 1 saturated heterocycles. The van der Waals surface area contributed by atoms with Crippen LogP contribution in [0.3, 0.4) is 0 Å². The van der Waals surface area contributed by atoms with Crippen LogP contribution in [0.4, 0.5) is 9.52 Å². The number of amides is 1. The van der Waals surface area contributed by atoms with E-state index in [0.29, 0.717) is 5.69 Å². The molecule has 3 aromatic rings. The standard InChI is InChI=1S/C18H20FN5OS/c1-11-9-15(22-23(11)2)17(25)20-13-5-7-24(8-6-13)18-21-14-4-3-12(19)10-16(14)26-18/h3-4,9-10,13H,5-8H2,1-2H3,(H,20,25). The lowest BCUT2D eigenvalue weighted by Crippen LogP contribution is -2.44. The van der Waals surface area contributed by atoms with Gasteiger partial charge >= 0.3 is 0 Å². The Morgan fingerprint density at radius 3 is 2.77 bits per heavy atom. The fourth-order valence-corrected chi connectivity index (χ4v) is 4.21. The van der Waals surface area contributed by atoms with E-state index < -0.39 is 0 Å². The average Bonchev–Trinajstić information content (AvgIpc) is 3.19. The van der Waals surface area contributed by atoms with Gasteiger partial charge in [-0.2, -0.15) is 5.10 Å². The lowest BCUT2D eigenvalue weighted by molar-refractivity contribution is 0.0925. The van der Waals surface area contributed by atoms with E-state index in [4.69, 9.17) is 0 Å². The fraction of sp³-hybridized carbons (Fsp3) is 0.389. The van der Waals surface area contributed by atoms with E-state index >= 15 is 0 Å². The molecule has 26 heavy (non-hydrogen) atoms. The van der Waals surface area contributed by atoms with E-state index in [1.165, 1.54) is 23.5 Å². The van der Waals surface area contributed by atoms with Gasteiger partial charge in [0.1, 0.15) is 11.5 Å². The molecule has 8 heteroatoms. The van der Waals surface area contributed by atoms with Crippen LogP contribution >= 0.6 is 11.3 Å². The van der Waals surface area contributed by atoms with E-state index in [2.05, 4.69) is 20.3 Å². The third-order valence-corrected chi connectivity index (χ3v) is 5.87. The van der Waals surface area contributed by atoms with Crippen molar-refractivity contribution in [2.24, 2.45) is 7.05 Å². The van der Waals surface area contributed by atoms with Crippen LogP contribution in [-0.4, -0.2) is 39.8 Å². The van der Waals surface area contributed by atoms with E-state index in [1.807, 2.05) is 14.0 Å². The first-order valence-corrected chi connectivity index (χ1v) is 9.44. The summed E-state index contributed by atoms with van der Waals surface area (Å²) in [6.07, 6.45) is 1.70. The number of aryl methyl sites for hydroxylation is 2. The lowest BCUT2D eigenvalue weighted by Gasteiger charge is -2.31. The number of halogens is 1. The van der Waals surface area contributed by atoms with E-state index in [9.17, 15) is 9.18 Å². The number of carbonyl (C=O) groups is 1. The molecule has 0 saturated carbocycles. The number of nitrogens with zero attached hydrogens (tertiary/aromatic N) is 4. The summed E-state index contributed by atoms with van der Waals surface area (Å²) >= 11 is 1.51. The van der Waals surface area contributed by atoms with Crippen LogP contribution in [0.2, 0.25) is 0 Å². The maximum Gasteiger partial charge on any atom is 0.272 e. The second-order valence-corrected chi connectivity index (χ2v) is 7.65. The van der Waals surface area contributed by atoms with Gasteiger partial charge in [-0.05, 0) is 44.0 Å². The Morgan fingerprint density at radius 1 is 1.31 bits per heavy atom. The summed E-state index contributed by atoms with van der Waals surface area (Å²) in [5.41, 5.74) is 2.24. The maximum absolute atomic E-state index is 13.3. The van der Waals surface area contributed by atoms with Gasteiger partial charge in [0.05, 0.1) is 10.2 Å². The summed E-state index contributed by atoms with van der Waals surface area (Å²) in [5.74, 6) is -0.360. The molecular weight excluding hydrogens is 353 g/mol. The van der Waals surface area contributed by atoms with E-state index in [0.717, 1.165) is 47.0 Å².